The van der Waals surface area contributed by atoms with Crippen molar-refractivity contribution in [3.05, 3.63) is 66.4 Å². The van der Waals surface area contributed by atoms with E-state index in [1.54, 1.807) is 31.7 Å². The van der Waals surface area contributed by atoms with Crippen molar-refractivity contribution in [2.75, 3.05) is 37.1 Å². The molecule has 9 nitrogen and oxygen atoms in total. The van der Waals surface area contributed by atoms with Gasteiger partial charge in [0, 0.05) is 35.3 Å². The summed E-state index contributed by atoms with van der Waals surface area (Å²) < 4.78 is 12.8. The van der Waals surface area contributed by atoms with Gasteiger partial charge in [0.2, 0.25) is 5.95 Å². The molecule has 1 amide bonds. The van der Waals surface area contributed by atoms with Crippen molar-refractivity contribution in [2.24, 2.45) is 0 Å². The smallest absolute Gasteiger partial charge is 0.251 e. The Bertz CT molecular complexity index is 1420. The van der Waals surface area contributed by atoms with E-state index in [0.717, 1.165) is 48.0 Å². The number of aromatic amines is 1. The quantitative estimate of drug-likeness (QED) is 0.240. The van der Waals surface area contributed by atoms with Crippen LogP contribution in [-0.2, 0) is 4.57 Å². The lowest BCUT2D eigenvalue weighted by Crippen LogP contribution is -2.45. The molecule has 10 heteroatoms. The molecule has 1 saturated heterocycles. The molecule has 0 radical (unpaired) electrons. The molecule has 0 spiro atoms. The van der Waals surface area contributed by atoms with Gasteiger partial charge in [-0.2, -0.15) is 9.97 Å². The highest BCUT2D eigenvalue weighted by atomic mass is 31.2. The van der Waals surface area contributed by atoms with Crippen LogP contribution in [0.15, 0.2) is 60.8 Å². The summed E-state index contributed by atoms with van der Waals surface area (Å²) in [5.74, 6) is 0.918. The summed E-state index contributed by atoms with van der Waals surface area (Å²) in [6, 6.07) is 16.9. The molecule has 4 aromatic rings. The molecule has 2 aromatic heterocycles. The van der Waals surface area contributed by atoms with Gasteiger partial charge >= 0.3 is 0 Å². The molecule has 5 rings (SSSR count). The van der Waals surface area contributed by atoms with Crippen molar-refractivity contribution in [2.45, 2.75) is 18.9 Å². The van der Waals surface area contributed by atoms with Gasteiger partial charge in [-0.15, -0.1) is 0 Å². The summed E-state index contributed by atoms with van der Waals surface area (Å²) in [7, 11) is -2.50. The maximum absolute atomic E-state index is 12.8. The molecule has 3 heterocycles. The summed E-state index contributed by atoms with van der Waals surface area (Å²) in [4.78, 5) is 25.0. The molecule has 1 fully saturated rings. The van der Waals surface area contributed by atoms with E-state index in [2.05, 4.69) is 31.2 Å². The monoisotopic (exact) mass is 503 g/mol. The summed E-state index contributed by atoms with van der Waals surface area (Å²) in [6.07, 6.45) is 3.86. The van der Waals surface area contributed by atoms with E-state index in [0.29, 0.717) is 23.0 Å². The second-order valence-corrected chi connectivity index (χ2v) is 12.5. The van der Waals surface area contributed by atoms with Gasteiger partial charge in [-0.05, 0) is 75.2 Å². The molecule has 36 heavy (non-hydrogen) atoms. The third-order valence-corrected chi connectivity index (χ3v) is 7.74. The van der Waals surface area contributed by atoms with E-state index in [-0.39, 0.29) is 11.9 Å². The molecule has 5 N–H and O–H groups in total. The number of amides is 1. The molecule has 1 aliphatic heterocycles. The van der Waals surface area contributed by atoms with E-state index in [1.165, 1.54) is 0 Å². The number of rotatable bonds is 7. The zero-order valence-electron chi connectivity index (χ0n) is 20.3. The number of piperidine rings is 1. The van der Waals surface area contributed by atoms with Crippen LogP contribution in [0, 0.1) is 0 Å². The van der Waals surface area contributed by atoms with Crippen molar-refractivity contribution in [1.29, 1.82) is 0 Å². The van der Waals surface area contributed by atoms with E-state index in [9.17, 15) is 9.36 Å². The average Bonchev–Trinajstić information content (AvgIpc) is 3.34. The molecule has 0 unspecified atom stereocenters. The van der Waals surface area contributed by atoms with Crippen LogP contribution >= 0.6 is 7.14 Å². The first-order chi connectivity index (χ1) is 17.4. The number of fused-ring (bicyclic) bond motifs is 1. The molecular formula is C26H30N7O2P. The number of benzene rings is 2. The van der Waals surface area contributed by atoms with Gasteiger partial charge in [-0.3, -0.25) is 4.79 Å². The highest BCUT2D eigenvalue weighted by Gasteiger charge is 2.18. The number of para-hydroxylation sites is 1. The van der Waals surface area contributed by atoms with Gasteiger partial charge in [0.1, 0.15) is 18.6 Å². The number of anilines is 4. The number of nitrogens with zero attached hydrogens (tertiary/aromatic N) is 2. The lowest BCUT2D eigenvalue weighted by Gasteiger charge is -2.23. The molecule has 186 valence electrons. The average molecular weight is 504 g/mol. The Morgan fingerprint density at radius 2 is 1.83 bits per heavy atom. The van der Waals surface area contributed by atoms with Crippen molar-refractivity contribution in [3.63, 3.8) is 0 Å². The van der Waals surface area contributed by atoms with E-state index in [4.69, 9.17) is 4.98 Å². The Morgan fingerprint density at radius 3 is 2.58 bits per heavy atom. The van der Waals surface area contributed by atoms with Crippen LogP contribution in [0.5, 0.6) is 0 Å². The second-order valence-electron chi connectivity index (χ2n) is 9.35. The van der Waals surface area contributed by atoms with Crippen LogP contribution in [0.1, 0.15) is 23.2 Å². The normalized spacial score (nSPS) is 16.0. The van der Waals surface area contributed by atoms with Crippen molar-refractivity contribution in [3.8, 4) is 0 Å². The SMILES string of the molecule is CP(C)(=O)c1ccccc1Nc1nc(Nc2ccc(C(=O)N[C@H]3CCCNC3)cc2)nc2[nH]ccc12. The number of carbonyl (C=O) groups is 1. The van der Waals surface area contributed by atoms with Crippen molar-refractivity contribution >= 4 is 52.5 Å². The fraction of sp³-hybridized carbons (Fsp3) is 0.269. The van der Waals surface area contributed by atoms with E-state index in [1.807, 2.05) is 42.5 Å². The lowest BCUT2D eigenvalue weighted by atomic mass is 10.1. The van der Waals surface area contributed by atoms with Gasteiger partial charge in [0.15, 0.2) is 0 Å². The Morgan fingerprint density at radius 1 is 1.03 bits per heavy atom. The zero-order chi connectivity index (χ0) is 25.1. The molecule has 1 atom stereocenters. The fourth-order valence-corrected chi connectivity index (χ4v) is 5.50. The number of nitrogens with one attached hydrogen (secondary N) is 5. The number of hydrogen-bond donors (Lipinski definition) is 5. The topological polar surface area (TPSA) is 124 Å². The Balaban J connectivity index is 1.35. The van der Waals surface area contributed by atoms with Gasteiger partial charge in [-0.1, -0.05) is 12.1 Å². The molecule has 0 aliphatic carbocycles. The lowest BCUT2D eigenvalue weighted by molar-refractivity contribution is 0.0930. The van der Waals surface area contributed by atoms with Crippen LogP contribution < -0.4 is 26.6 Å². The maximum atomic E-state index is 12.8. The molecule has 0 bridgehead atoms. The summed E-state index contributed by atoms with van der Waals surface area (Å²) >= 11 is 0. The first-order valence-electron chi connectivity index (χ1n) is 12.0. The predicted molar refractivity (Wildman–Crippen MR) is 146 cm³/mol. The molecule has 2 aromatic carbocycles. The van der Waals surface area contributed by atoms with Gasteiger partial charge in [-0.25, -0.2) is 0 Å². The highest BCUT2D eigenvalue weighted by Crippen LogP contribution is 2.38. The van der Waals surface area contributed by atoms with Crippen LogP contribution in [0.4, 0.5) is 23.1 Å². The number of H-pyrrole nitrogens is 1. The molecule has 0 saturated carbocycles. The van der Waals surface area contributed by atoms with Gasteiger partial charge in [0.05, 0.1) is 11.1 Å². The summed E-state index contributed by atoms with van der Waals surface area (Å²) in [5, 5.41) is 14.6. The Hall–Kier alpha value is -3.68. The first kappa shape index (κ1) is 24.0. The minimum Gasteiger partial charge on any atom is -0.348 e. The van der Waals surface area contributed by atoms with E-state index >= 15 is 0 Å². The Labute approximate surface area is 209 Å². The molecular weight excluding hydrogens is 473 g/mol. The second kappa shape index (κ2) is 10.1. The van der Waals surface area contributed by atoms with Crippen molar-refractivity contribution in [1.82, 2.24) is 25.6 Å². The van der Waals surface area contributed by atoms with Gasteiger partial charge < -0.3 is 30.8 Å². The summed E-state index contributed by atoms with van der Waals surface area (Å²) in [6.45, 7) is 5.31. The first-order valence-corrected chi connectivity index (χ1v) is 14.6. The zero-order valence-corrected chi connectivity index (χ0v) is 21.2. The largest absolute Gasteiger partial charge is 0.348 e. The predicted octanol–water partition coefficient (Wildman–Crippen LogP) is 4.17. The van der Waals surface area contributed by atoms with Crippen LogP contribution in [0.2, 0.25) is 0 Å². The standard InChI is InChI=1S/C26H30N7O2P/c1-36(2,35)22-8-4-3-7-21(22)31-24-20-13-15-28-23(20)32-26(33-24)30-18-11-9-17(10-12-18)25(34)29-19-6-5-14-27-16-19/h3-4,7-13,15,19,27H,5-6,14,16H2,1-2H3,(H,29,34)(H3,28,30,31,32,33)/t19-/m0/s1. The molecule has 1 aliphatic rings. The Kier molecular flexibility index (Phi) is 6.76. The van der Waals surface area contributed by atoms with Crippen LogP contribution in [0.3, 0.4) is 0 Å². The summed E-state index contributed by atoms with van der Waals surface area (Å²) in [5.41, 5.74) is 2.78. The fourth-order valence-electron chi connectivity index (χ4n) is 4.35. The van der Waals surface area contributed by atoms with Crippen molar-refractivity contribution < 1.29 is 9.36 Å². The third kappa shape index (κ3) is 5.42. The third-order valence-electron chi connectivity index (χ3n) is 6.19. The number of hydrogen-bond acceptors (Lipinski definition) is 7. The minimum absolute atomic E-state index is 0.0754. The minimum atomic E-state index is -2.50. The van der Waals surface area contributed by atoms with E-state index < -0.39 is 7.14 Å². The van der Waals surface area contributed by atoms with Crippen LogP contribution in [0.25, 0.3) is 11.0 Å². The van der Waals surface area contributed by atoms with Crippen LogP contribution in [-0.4, -0.2) is 53.3 Å². The van der Waals surface area contributed by atoms with Gasteiger partial charge in [0.25, 0.3) is 5.91 Å². The number of aromatic nitrogens is 3. The number of carbonyl (C=O) groups excluding carboxylic acids is 1. The highest BCUT2D eigenvalue weighted by molar-refractivity contribution is 7.70. The maximum Gasteiger partial charge on any atom is 0.251 e.